The van der Waals surface area contributed by atoms with Crippen molar-refractivity contribution in [3.05, 3.63) is 53.9 Å². The lowest BCUT2D eigenvalue weighted by molar-refractivity contribution is -0.127. The molecular weight excluding hydrogens is 439 g/mol. The number of hydrogen-bond acceptors (Lipinski definition) is 6. The van der Waals surface area contributed by atoms with Crippen molar-refractivity contribution in [2.75, 3.05) is 46.5 Å². The van der Waals surface area contributed by atoms with Crippen molar-refractivity contribution in [2.45, 2.75) is 4.90 Å². The maximum atomic E-state index is 13.1. The van der Waals surface area contributed by atoms with Crippen LogP contribution in [0, 0.1) is 5.82 Å². The first-order valence-electron chi connectivity index (χ1n) is 10.1. The van der Waals surface area contributed by atoms with Crippen LogP contribution in [0.15, 0.2) is 47.4 Å². The van der Waals surface area contributed by atoms with Gasteiger partial charge >= 0.3 is 0 Å². The first kappa shape index (κ1) is 22.1. The Kier molecular flexibility index (Phi) is 6.33. The van der Waals surface area contributed by atoms with Gasteiger partial charge in [-0.25, -0.2) is 12.8 Å². The van der Waals surface area contributed by atoms with Crippen LogP contribution in [0.2, 0.25) is 0 Å². The standard InChI is InChI=1S/C22H23FN2O6S/c1-29-19-14-16(15-20-22(19)31-13-12-30-20)2-7-21(26)24-8-10-25(11-9-24)32(27,28)18-5-3-17(23)4-6-18/h2-7,14-15H,8-13H2,1H3/b7-2+. The van der Waals surface area contributed by atoms with Crippen LogP contribution in [-0.2, 0) is 14.8 Å². The number of halogens is 1. The van der Waals surface area contributed by atoms with Crippen molar-refractivity contribution in [3.63, 3.8) is 0 Å². The van der Waals surface area contributed by atoms with Crippen LogP contribution in [0.25, 0.3) is 6.08 Å². The molecule has 1 amide bonds. The van der Waals surface area contributed by atoms with E-state index in [4.69, 9.17) is 14.2 Å². The van der Waals surface area contributed by atoms with E-state index in [1.165, 1.54) is 29.6 Å². The molecule has 0 aromatic heterocycles. The summed E-state index contributed by atoms with van der Waals surface area (Å²) in [6.07, 6.45) is 3.10. The fourth-order valence-corrected chi connectivity index (χ4v) is 4.99. The molecule has 170 valence electrons. The van der Waals surface area contributed by atoms with Crippen LogP contribution in [-0.4, -0.2) is 70.0 Å². The fraction of sp³-hybridized carbons (Fsp3) is 0.318. The van der Waals surface area contributed by atoms with Gasteiger partial charge < -0.3 is 19.1 Å². The number of hydrogen-bond donors (Lipinski definition) is 0. The third-order valence-electron chi connectivity index (χ3n) is 5.27. The van der Waals surface area contributed by atoms with E-state index in [0.717, 1.165) is 17.7 Å². The molecule has 2 aromatic carbocycles. The zero-order valence-electron chi connectivity index (χ0n) is 17.5. The number of carbonyl (C=O) groups excluding carboxylic acids is 1. The van der Waals surface area contributed by atoms with E-state index in [0.29, 0.717) is 30.5 Å². The van der Waals surface area contributed by atoms with E-state index in [-0.39, 0.29) is 37.0 Å². The van der Waals surface area contributed by atoms with Gasteiger partial charge in [0, 0.05) is 32.3 Å². The van der Waals surface area contributed by atoms with E-state index < -0.39 is 15.8 Å². The number of amides is 1. The quantitative estimate of drug-likeness (QED) is 0.633. The highest BCUT2D eigenvalue weighted by Gasteiger charge is 2.29. The van der Waals surface area contributed by atoms with Gasteiger partial charge in [-0.3, -0.25) is 4.79 Å². The van der Waals surface area contributed by atoms with Crippen molar-refractivity contribution in [1.29, 1.82) is 0 Å². The van der Waals surface area contributed by atoms with Gasteiger partial charge in [0.05, 0.1) is 12.0 Å². The molecule has 0 saturated carbocycles. The average Bonchev–Trinajstić information content (AvgIpc) is 2.82. The number of rotatable bonds is 5. The summed E-state index contributed by atoms with van der Waals surface area (Å²) in [7, 11) is -2.20. The van der Waals surface area contributed by atoms with Gasteiger partial charge in [0.2, 0.25) is 21.7 Å². The minimum Gasteiger partial charge on any atom is -0.493 e. The zero-order chi connectivity index (χ0) is 22.7. The largest absolute Gasteiger partial charge is 0.493 e. The maximum absolute atomic E-state index is 13.1. The Hall–Kier alpha value is -3.11. The van der Waals surface area contributed by atoms with E-state index in [2.05, 4.69) is 0 Å². The van der Waals surface area contributed by atoms with Gasteiger partial charge in [0.25, 0.3) is 0 Å². The van der Waals surface area contributed by atoms with E-state index in [1.54, 1.807) is 23.1 Å². The molecule has 1 fully saturated rings. The second kappa shape index (κ2) is 9.17. The second-order valence-electron chi connectivity index (χ2n) is 7.26. The Balaban J connectivity index is 1.40. The summed E-state index contributed by atoms with van der Waals surface area (Å²) in [6, 6.07) is 8.24. The lowest BCUT2D eigenvalue weighted by Crippen LogP contribution is -2.50. The van der Waals surface area contributed by atoms with Gasteiger partial charge in [-0.05, 0) is 48.0 Å². The topological polar surface area (TPSA) is 85.4 Å². The highest BCUT2D eigenvalue weighted by atomic mass is 32.2. The van der Waals surface area contributed by atoms with Crippen molar-refractivity contribution in [1.82, 2.24) is 9.21 Å². The molecule has 0 bridgehead atoms. The van der Waals surface area contributed by atoms with Crippen molar-refractivity contribution in [3.8, 4) is 17.2 Å². The van der Waals surface area contributed by atoms with Gasteiger partial charge in [-0.2, -0.15) is 4.31 Å². The maximum Gasteiger partial charge on any atom is 0.246 e. The molecule has 32 heavy (non-hydrogen) atoms. The normalized spacial score (nSPS) is 16.9. The SMILES string of the molecule is COc1cc(/C=C/C(=O)N2CCN(S(=O)(=O)c3ccc(F)cc3)CC2)cc2c1OCCO2. The minimum absolute atomic E-state index is 0.0335. The lowest BCUT2D eigenvalue weighted by Gasteiger charge is -2.33. The van der Waals surface area contributed by atoms with E-state index in [9.17, 15) is 17.6 Å². The zero-order valence-corrected chi connectivity index (χ0v) is 18.3. The Morgan fingerprint density at radius 3 is 2.44 bits per heavy atom. The number of methoxy groups -OCH3 is 1. The number of carbonyl (C=O) groups is 1. The minimum atomic E-state index is -3.73. The van der Waals surface area contributed by atoms with Gasteiger partial charge in [0.15, 0.2) is 11.5 Å². The summed E-state index contributed by atoms with van der Waals surface area (Å²) < 4.78 is 56.4. The average molecular weight is 462 g/mol. The molecule has 1 saturated heterocycles. The highest BCUT2D eigenvalue weighted by Crippen LogP contribution is 2.40. The number of benzene rings is 2. The summed E-state index contributed by atoms with van der Waals surface area (Å²) >= 11 is 0. The third-order valence-corrected chi connectivity index (χ3v) is 7.18. The van der Waals surface area contributed by atoms with Crippen LogP contribution < -0.4 is 14.2 Å². The Morgan fingerprint density at radius 1 is 1.06 bits per heavy atom. The number of piperazine rings is 1. The van der Waals surface area contributed by atoms with Gasteiger partial charge in [-0.1, -0.05) is 0 Å². The molecule has 0 spiro atoms. The van der Waals surface area contributed by atoms with Crippen molar-refractivity contribution in [2.24, 2.45) is 0 Å². The van der Waals surface area contributed by atoms with Crippen LogP contribution in [0.1, 0.15) is 5.56 Å². The van der Waals surface area contributed by atoms with Gasteiger partial charge in [0.1, 0.15) is 19.0 Å². The second-order valence-corrected chi connectivity index (χ2v) is 9.20. The number of nitrogens with zero attached hydrogens (tertiary/aromatic N) is 2. The van der Waals surface area contributed by atoms with Crippen LogP contribution >= 0.6 is 0 Å². The summed E-state index contributed by atoms with van der Waals surface area (Å²) in [5.41, 5.74) is 0.719. The summed E-state index contributed by atoms with van der Waals surface area (Å²) in [6.45, 7) is 1.73. The van der Waals surface area contributed by atoms with Crippen LogP contribution in [0.4, 0.5) is 4.39 Å². The number of ether oxygens (including phenoxy) is 3. The molecule has 2 heterocycles. The van der Waals surface area contributed by atoms with E-state index >= 15 is 0 Å². The van der Waals surface area contributed by atoms with Crippen LogP contribution in [0.3, 0.4) is 0 Å². The predicted molar refractivity (Wildman–Crippen MR) is 115 cm³/mol. The molecule has 2 aliphatic rings. The first-order valence-corrected chi connectivity index (χ1v) is 11.5. The highest BCUT2D eigenvalue weighted by molar-refractivity contribution is 7.89. The molecule has 0 N–H and O–H groups in total. The summed E-state index contributed by atoms with van der Waals surface area (Å²) in [5, 5.41) is 0. The molecule has 0 unspecified atom stereocenters. The molecule has 10 heteroatoms. The molecule has 4 rings (SSSR count). The Labute approximate surface area is 185 Å². The molecule has 0 radical (unpaired) electrons. The number of sulfonamides is 1. The molecular formula is C22H23FN2O6S. The fourth-order valence-electron chi connectivity index (χ4n) is 3.57. The summed E-state index contributed by atoms with van der Waals surface area (Å²) in [5.74, 6) is 0.899. The predicted octanol–water partition coefficient (Wildman–Crippen LogP) is 2.15. The Bertz CT molecular complexity index is 1110. The smallest absolute Gasteiger partial charge is 0.246 e. The molecule has 2 aromatic rings. The van der Waals surface area contributed by atoms with Gasteiger partial charge in [-0.15, -0.1) is 0 Å². The van der Waals surface area contributed by atoms with Crippen molar-refractivity contribution < 1.29 is 31.8 Å². The molecule has 0 aliphatic carbocycles. The monoisotopic (exact) mass is 462 g/mol. The van der Waals surface area contributed by atoms with Crippen LogP contribution in [0.5, 0.6) is 17.2 Å². The molecule has 8 nitrogen and oxygen atoms in total. The molecule has 0 atom stereocenters. The van der Waals surface area contributed by atoms with E-state index in [1.807, 2.05) is 0 Å². The summed E-state index contributed by atoms with van der Waals surface area (Å²) in [4.78, 5) is 14.2. The van der Waals surface area contributed by atoms with Crippen molar-refractivity contribution >= 4 is 22.0 Å². The lowest BCUT2D eigenvalue weighted by atomic mass is 10.1. The number of fused-ring (bicyclic) bond motifs is 1. The molecule has 2 aliphatic heterocycles. The first-order chi connectivity index (χ1) is 15.4. The Morgan fingerprint density at radius 2 is 1.75 bits per heavy atom. The third kappa shape index (κ3) is 4.56.